The molecule has 7 nitrogen and oxygen atoms in total. The third-order valence-corrected chi connectivity index (χ3v) is 5.59. The highest BCUT2D eigenvalue weighted by molar-refractivity contribution is 7.17. The van der Waals surface area contributed by atoms with Gasteiger partial charge in [0.15, 0.2) is 17.6 Å². The van der Waals surface area contributed by atoms with Gasteiger partial charge in [-0.25, -0.2) is 4.79 Å². The second-order valence-corrected chi connectivity index (χ2v) is 7.59. The summed E-state index contributed by atoms with van der Waals surface area (Å²) in [7, 11) is 0. The molecule has 0 radical (unpaired) electrons. The quantitative estimate of drug-likeness (QED) is 0.868. The minimum Gasteiger partial charge on any atom is -0.486 e. The Hall–Kier alpha value is -2.58. The number of carboxylic acid groups (broad SMARTS) is 1. The number of nitrogens with zero attached hydrogens (tertiary/aromatic N) is 1. The zero-order valence-electron chi connectivity index (χ0n) is 14.7. The molecule has 8 heteroatoms. The van der Waals surface area contributed by atoms with Crippen LogP contribution in [-0.2, 0) is 9.53 Å². The number of thiophene rings is 1. The van der Waals surface area contributed by atoms with Crippen LogP contribution >= 0.6 is 11.3 Å². The van der Waals surface area contributed by atoms with Crippen molar-refractivity contribution in [3.63, 3.8) is 0 Å². The molecule has 142 valence electrons. The number of rotatable bonds is 3. The zero-order chi connectivity index (χ0) is 19.0. The number of aliphatic carboxylic acids is 1. The first-order valence-corrected chi connectivity index (χ1v) is 9.50. The summed E-state index contributed by atoms with van der Waals surface area (Å²) in [6.45, 7) is 3.25. The molecule has 1 amide bonds. The highest BCUT2D eigenvalue weighted by Crippen LogP contribution is 2.37. The number of hydrogen-bond donors (Lipinski definition) is 1. The van der Waals surface area contributed by atoms with Gasteiger partial charge in [-0.2, -0.15) is 0 Å². The van der Waals surface area contributed by atoms with Crippen LogP contribution in [0, 0.1) is 0 Å². The number of ether oxygens (including phenoxy) is 3. The van der Waals surface area contributed by atoms with Gasteiger partial charge in [-0.15, -0.1) is 11.3 Å². The molecule has 1 N–H and O–H groups in total. The van der Waals surface area contributed by atoms with E-state index in [9.17, 15) is 14.7 Å². The smallest absolute Gasteiger partial charge is 0.334 e. The zero-order valence-corrected chi connectivity index (χ0v) is 15.5. The van der Waals surface area contributed by atoms with Gasteiger partial charge in [0, 0.05) is 11.4 Å². The molecular weight excluding hydrogens is 370 g/mol. The van der Waals surface area contributed by atoms with Crippen LogP contribution < -0.4 is 9.47 Å². The van der Waals surface area contributed by atoms with Crippen molar-refractivity contribution in [1.82, 2.24) is 4.90 Å². The van der Waals surface area contributed by atoms with Gasteiger partial charge in [0.1, 0.15) is 13.2 Å². The van der Waals surface area contributed by atoms with Crippen molar-refractivity contribution in [2.24, 2.45) is 0 Å². The molecule has 4 rings (SSSR count). The molecule has 27 heavy (non-hydrogen) atoms. The summed E-state index contributed by atoms with van der Waals surface area (Å²) >= 11 is 1.37. The first kappa shape index (κ1) is 17.8. The van der Waals surface area contributed by atoms with Gasteiger partial charge in [0.05, 0.1) is 17.5 Å². The van der Waals surface area contributed by atoms with Gasteiger partial charge >= 0.3 is 5.97 Å². The summed E-state index contributed by atoms with van der Waals surface area (Å²) < 4.78 is 16.5. The lowest BCUT2D eigenvalue weighted by atomic mass is 10.1. The summed E-state index contributed by atoms with van der Waals surface area (Å²) in [6, 6.07) is 9.37. The summed E-state index contributed by atoms with van der Waals surface area (Å²) in [5.74, 6) is 0.193. The lowest BCUT2D eigenvalue weighted by Crippen LogP contribution is -2.51. The highest BCUT2D eigenvalue weighted by atomic mass is 32.1. The first-order chi connectivity index (χ1) is 13.0. The first-order valence-electron chi connectivity index (χ1n) is 8.68. The SMILES string of the molecule is C[C@@H]1CN(C(=O)c2ccc(-c3ccc4c(c3)OCCO4)s2)CC(C(=O)O)O1. The van der Waals surface area contributed by atoms with E-state index in [2.05, 4.69) is 0 Å². The maximum absolute atomic E-state index is 12.8. The minimum absolute atomic E-state index is 0.0514. The molecule has 0 spiro atoms. The van der Waals surface area contributed by atoms with E-state index >= 15 is 0 Å². The second kappa shape index (κ2) is 7.21. The fourth-order valence-corrected chi connectivity index (χ4v) is 4.18. The van der Waals surface area contributed by atoms with E-state index in [1.165, 1.54) is 11.3 Å². The molecule has 2 aliphatic heterocycles. The fourth-order valence-electron chi connectivity index (χ4n) is 3.21. The molecule has 1 aromatic heterocycles. The average molecular weight is 389 g/mol. The molecule has 1 fully saturated rings. The largest absolute Gasteiger partial charge is 0.486 e. The third-order valence-electron chi connectivity index (χ3n) is 4.47. The molecule has 0 bridgehead atoms. The lowest BCUT2D eigenvalue weighted by Gasteiger charge is -2.34. The van der Waals surface area contributed by atoms with Crippen LogP contribution in [0.2, 0.25) is 0 Å². The molecule has 2 aromatic rings. The van der Waals surface area contributed by atoms with E-state index in [1.807, 2.05) is 24.3 Å². The van der Waals surface area contributed by atoms with Crippen LogP contribution in [0.5, 0.6) is 11.5 Å². The minimum atomic E-state index is -1.05. The van der Waals surface area contributed by atoms with Crippen LogP contribution in [0.3, 0.4) is 0 Å². The number of benzene rings is 1. The van der Waals surface area contributed by atoms with Gasteiger partial charge in [-0.3, -0.25) is 4.79 Å². The molecule has 2 atom stereocenters. The molecule has 2 aliphatic rings. The second-order valence-electron chi connectivity index (χ2n) is 6.51. The summed E-state index contributed by atoms with van der Waals surface area (Å²) in [5, 5.41) is 9.19. The number of morpholine rings is 1. The number of carbonyl (C=O) groups is 2. The molecule has 1 unspecified atom stereocenters. The Morgan fingerprint density at radius 2 is 1.89 bits per heavy atom. The Balaban J connectivity index is 1.53. The van der Waals surface area contributed by atoms with Crippen molar-refractivity contribution in [2.75, 3.05) is 26.3 Å². The van der Waals surface area contributed by atoms with E-state index in [4.69, 9.17) is 14.2 Å². The third kappa shape index (κ3) is 3.63. The van der Waals surface area contributed by atoms with Crippen molar-refractivity contribution >= 4 is 23.2 Å². The van der Waals surface area contributed by atoms with Crippen LogP contribution in [0.4, 0.5) is 0 Å². The predicted molar refractivity (Wildman–Crippen MR) is 98.6 cm³/mol. The van der Waals surface area contributed by atoms with Crippen molar-refractivity contribution in [3.05, 3.63) is 35.2 Å². The maximum atomic E-state index is 12.8. The van der Waals surface area contributed by atoms with Crippen LogP contribution in [0.1, 0.15) is 16.6 Å². The van der Waals surface area contributed by atoms with Crippen LogP contribution in [0.25, 0.3) is 10.4 Å². The lowest BCUT2D eigenvalue weighted by molar-refractivity contribution is -0.160. The van der Waals surface area contributed by atoms with Gasteiger partial charge in [-0.05, 0) is 42.8 Å². The highest BCUT2D eigenvalue weighted by Gasteiger charge is 2.33. The van der Waals surface area contributed by atoms with Gasteiger partial charge < -0.3 is 24.2 Å². The van der Waals surface area contributed by atoms with Crippen LogP contribution in [0.15, 0.2) is 30.3 Å². The van der Waals surface area contributed by atoms with Crippen molar-refractivity contribution in [2.45, 2.75) is 19.1 Å². The van der Waals surface area contributed by atoms with E-state index in [0.717, 1.165) is 16.2 Å². The fraction of sp³-hybridized carbons (Fsp3) is 0.368. The van der Waals surface area contributed by atoms with Gasteiger partial charge in [0.25, 0.3) is 5.91 Å². The van der Waals surface area contributed by atoms with E-state index < -0.39 is 12.1 Å². The molecule has 0 saturated carbocycles. The number of amides is 1. The topological polar surface area (TPSA) is 85.3 Å². The van der Waals surface area contributed by atoms with Gasteiger partial charge in [0.2, 0.25) is 0 Å². The number of fused-ring (bicyclic) bond motifs is 1. The normalized spacial score (nSPS) is 21.7. The summed E-state index contributed by atoms with van der Waals surface area (Å²) in [5.41, 5.74) is 0.946. The Labute approximate surface area is 160 Å². The predicted octanol–water partition coefficient (Wildman–Crippen LogP) is 2.50. The van der Waals surface area contributed by atoms with E-state index in [1.54, 1.807) is 17.9 Å². The molecule has 1 aromatic carbocycles. The van der Waals surface area contributed by atoms with E-state index in [-0.39, 0.29) is 18.6 Å². The van der Waals surface area contributed by atoms with Crippen LogP contribution in [-0.4, -0.2) is 60.4 Å². The number of hydrogen-bond acceptors (Lipinski definition) is 6. The summed E-state index contributed by atoms with van der Waals surface area (Å²) in [4.78, 5) is 27.1. The summed E-state index contributed by atoms with van der Waals surface area (Å²) in [6.07, 6.45) is -1.31. The number of carboxylic acids is 1. The van der Waals surface area contributed by atoms with Gasteiger partial charge in [-0.1, -0.05) is 0 Å². The average Bonchev–Trinajstić information content (AvgIpc) is 3.16. The maximum Gasteiger partial charge on any atom is 0.334 e. The molecular formula is C19H19NO6S. The number of carbonyl (C=O) groups excluding carboxylic acids is 1. The molecule has 1 saturated heterocycles. The van der Waals surface area contributed by atoms with Crippen molar-refractivity contribution < 1.29 is 28.9 Å². The Morgan fingerprint density at radius 3 is 2.67 bits per heavy atom. The Kier molecular flexibility index (Phi) is 4.75. The molecule has 0 aliphatic carbocycles. The van der Waals surface area contributed by atoms with Crippen molar-refractivity contribution in [1.29, 1.82) is 0 Å². The Bertz CT molecular complexity index is 879. The van der Waals surface area contributed by atoms with E-state index in [0.29, 0.717) is 30.4 Å². The van der Waals surface area contributed by atoms with Crippen molar-refractivity contribution in [3.8, 4) is 21.9 Å². The standard InChI is InChI=1S/C19H19NO6S/c1-11-9-20(10-15(26-11)19(22)23)18(21)17-5-4-16(27-17)12-2-3-13-14(8-12)25-7-6-24-13/h2-5,8,11,15H,6-7,9-10H2,1H3,(H,22,23)/t11-,15?/m1/s1. The monoisotopic (exact) mass is 389 g/mol. The Morgan fingerprint density at radius 1 is 1.11 bits per heavy atom. The molecule has 3 heterocycles.